The van der Waals surface area contributed by atoms with Crippen molar-refractivity contribution in [3.8, 4) is 0 Å². The Morgan fingerprint density at radius 2 is 2.06 bits per heavy atom. The molecule has 0 aromatic heterocycles. The fourth-order valence-electron chi connectivity index (χ4n) is 2.43. The molecule has 2 rings (SSSR count). The summed E-state index contributed by atoms with van der Waals surface area (Å²) in [5.41, 5.74) is 2.64. The van der Waals surface area contributed by atoms with Crippen LogP contribution in [0.2, 0.25) is 0 Å². The van der Waals surface area contributed by atoms with Gasteiger partial charge in [0.2, 0.25) is 0 Å². The molecule has 0 radical (unpaired) electrons. The van der Waals surface area contributed by atoms with Crippen molar-refractivity contribution in [1.82, 2.24) is 0 Å². The first-order valence-electron chi connectivity index (χ1n) is 6.04. The number of fused-ring (bicyclic) bond motifs is 1. The second-order valence-electron chi connectivity index (χ2n) is 5.48. The third kappa shape index (κ3) is 1.94. The maximum Gasteiger partial charge on any atom is 0.0572 e. The van der Waals surface area contributed by atoms with Crippen LogP contribution in [0.1, 0.15) is 32.8 Å². The molecule has 0 spiro atoms. The molecule has 1 aliphatic heterocycles. The number of hydrogen-bond donors (Lipinski definition) is 2. The molecule has 2 N–H and O–H groups in total. The number of anilines is 1. The van der Waals surface area contributed by atoms with E-state index < -0.39 is 0 Å². The Labute approximate surface area is 97.7 Å². The van der Waals surface area contributed by atoms with Crippen LogP contribution in [0.15, 0.2) is 24.3 Å². The van der Waals surface area contributed by atoms with Crippen molar-refractivity contribution >= 4 is 5.69 Å². The third-order valence-electron chi connectivity index (χ3n) is 3.68. The number of para-hydroxylation sites is 1. The number of nitrogens with one attached hydrogen (secondary N) is 1. The van der Waals surface area contributed by atoms with E-state index in [9.17, 15) is 5.11 Å². The average molecular weight is 219 g/mol. The molecule has 88 valence electrons. The summed E-state index contributed by atoms with van der Waals surface area (Å²) in [4.78, 5) is 0. The Bertz CT molecular complexity index is 375. The molecule has 0 bridgehead atoms. The van der Waals surface area contributed by atoms with Crippen LogP contribution in [0.25, 0.3) is 0 Å². The van der Waals surface area contributed by atoms with Gasteiger partial charge < -0.3 is 10.4 Å². The summed E-state index contributed by atoms with van der Waals surface area (Å²) in [5, 5.41) is 13.5. The van der Waals surface area contributed by atoms with Crippen molar-refractivity contribution in [3.63, 3.8) is 0 Å². The maximum absolute atomic E-state index is 10.0. The Morgan fingerprint density at radius 1 is 1.38 bits per heavy atom. The Balaban J connectivity index is 2.22. The number of rotatable bonds is 3. The van der Waals surface area contributed by atoms with Crippen molar-refractivity contribution in [2.24, 2.45) is 5.92 Å². The number of benzene rings is 1. The largest absolute Gasteiger partial charge is 0.393 e. The van der Waals surface area contributed by atoms with Gasteiger partial charge in [-0.15, -0.1) is 0 Å². The molecule has 0 aliphatic carbocycles. The van der Waals surface area contributed by atoms with Gasteiger partial charge in [-0.1, -0.05) is 39.0 Å². The van der Waals surface area contributed by atoms with E-state index >= 15 is 0 Å². The highest BCUT2D eigenvalue weighted by Crippen LogP contribution is 2.40. The first-order valence-corrected chi connectivity index (χ1v) is 6.04. The summed E-state index contributed by atoms with van der Waals surface area (Å²) < 4.78 is 0. The lowest BCUT2D eigenvalue weighted by Gasteiger charge is -2.28. The van der Waals surface area contributed by atoms with Gasteiger partial charge in [0.1, 0.15) is 0 Å². The minimum Gasteiger partial charge on any atom is -0.393 e. The third-order valence-corrected chi connectivity index (χ3v) is 3.68. The molecule has 0 saturated heterocycles. The lowest BCUT2D eigenvalue weighted by molar-refractivity contribution is 0.0945. The molecule has 1 heterocycles. The van der Waals surface area contributed by atoms with Crippen LogP contribution in [-0.4, -0.2) is 17.8 Å². The molecular weight excluding hydrogens is 198 g/mol. The SMILES string of the molecule is CC(C)C(O)CC1(C)CNc2ccccc21. The minimum absolute atomic E-state index is 0.0697. The second kappa shape index (κ2) is 4.10. The smallest absolute Gasteiger partial charge is 0.0572 e. The number of aliphatic hydroxyl groups excluding tert-OH is 1. The minimum atomic E-state index is -0.224. The fourth-order valence-corrected chi connectivity index (χ4v) is 2.43. The van der Waals surface area contributed by atoms with Gasteiger partial charge in [0.15, 0.2) is 0 Å². The first kappa shape index (κ1) is 11.5. The molecule has 1 aromatic carbocycles. The van der Waals surface area contributed by atoms with Gasteiger partial charge in [0.25, 0.3) is 0 Å². The summed E-state index contributed by atoms with van der Waals surface area (Å²) in [5.74, 6) is 0.324. The van der Waals surface area contributed by atoms with E-state index in [4.69, 9.17) is 0 Å². The molecule has 2 nitrogen and oxygen atoms in total. The van der Waals surface area contributed by atoms with E-state index in [0.29, 0.717) is 5.92 Å². The van der Waals surface area contributed by atoms with Crippen molar-refractivity contribution in [2.75, 3.05) is 11.9 Å². The Kier molecular flexibility index (Phi) is 2.94. The van der Waals surface area contributed by atoms with Gasteiger partial charge in [0.05, 0.1) is 6.10 Å². The molecule has 1 aromatic rings. The van der Waals surface area contributed by atoms with Crippen LogP contribution in [-0.2, 0) is 5.41 Å². The van der Waals surface area contributed by atoms with Crippen molar-refractivity contribution < 1.29 is 5.11 Å². The standard InChI is InChI=1S/C14H21NO/c1-10(2)13(16)8-14(3)9-15-12-7-5-4-6-11(12)14/h4-7,10,13,15-16H,8-9H2,1-3H3. The van der Waals surface area contributed by atoms with Crippen molar-refractivity contribution in [1.29, 1.82) is 0 Å². The van der Waals surface area contributed by atoms with Gasteiger partial charge in [0, 0.05) is 17.6 Å². The van der Waals surface area contributed by atoms with Crippen LogP contribution in [0.5, 0.6) is 0 Å². The molecule has 0 saturated carbocycles. The van der Waals surface area contributed by atoms with Crippen molar-refractivity contribution in [2.45, 2.75) is 38.7 Å². The number of aliphatic hydroxyl groups is 1. The summed E-state index contributed by atoms with van der Waals surface area (Å²) in [6.07, 6.45) is 0.604. The van der Waals surface area contributed by atoms with E-state index in [2.05, 4.69) is 50.4 Å². The Hall–Kier alpha value is -1.02. The Morgan fingerprint density at radius 3 is 2.75 bits per heavy atom. The lowest BCUT2D eigenvalue weighted by atomic mass is 9.78. The van der Waals surface area contributed by atoms with Gasteiger partial charge in [-0.25, -0.2) is 0 Å². The highest BCUT2D eigenvalue weighted by atomic mass is 16.3. The van der Waals surface area contributed by atoms with Crippen molar-refractivity contribution in [3.05, 3.63) is 29.8 Å². The molecule has 1 aliphatic rings. The monoisotopic (exact) mass is 219 g/mol. The van der Waals surface area contributed by atoms with E-state index in [1.165, 1.54) is 11.3 Å². The maximum atomic E-state index is 10.0. The van der Waals surface area contributed by atoms with Crippen LogP contribution >= 0.6 is 0 Å². The van der Waals surface area contributed by atoms with E-state index in [-0.39, 0.29) is 11.5 Å². The first-order chi connectivity index (χ1) is 7.53. The average Bonchev–Trinajstić information content (AvgIpc) is 2.57. The van der Waals surface area contributed by atoms with Gasteiger partial charge in [-0.05, 0) is 24.0 Å². The number of hydrogen-bond acceptors (Lipinski definition) is 2. The van der Waals surface area contributed by atoms with Gasteiger partial charge >= 0.3 is 0 Å². The zero-order chi connectivity index (χ0) is 11.8. The zero-order valence-corrected chi connectivity index (χ0v) is 10.3. The summed E-state index contributed by atoms with van der Waals surface area (Å²) in [6.45, 7) is 7.30. The van der Waals surface area contributed by atoms with Gasteiger partial charge in [-0.3, -0.25) is 0 Å². The molecule has 16 heavy (non-hydrogen) atoms. The lowest BCUT2D eigenvalue weighted by Crippen LogP contribution is -2.32. The predicted molar refractivity (Wildman–Crippen MR) is 67.7 cm³/mol. The van der Waals surface area contributed by atoms with E-state index in [1.54, 1.807) is 0 Å². The summed E-state index contributed by atoms with van der Waals surface area (Å²) in [7, 11) is 0. The highest BCUT2D eigenvalue weighted by molar-refractivity contribution is 5.59. The topological polar surface area (TPSA) is 32.3 Å². The highest BCUT2D eigenvalue weighted by Gasteiger charge is 2.36. The van der Waals surface area contributed by atoms with Crippen LogP contribution < -0.4 is 5.32 Å². The normalized spacial score (nSPS) is 25.3. The molecule has 0 amide bonds. The van der Waals surface area contributed by atoms with Gasteiger partial charge in [-0.2, -0.15) is 0 Å². The fraction of sp³-hybridized carbons (Fsp3) is 0.571. The van der Waals surface area contributed by atoms with Crippen LogP contribution in [0.3, 0.4) is 0 Å². The summed E-state index contributed by atoms with van der Waals surface area (Å²) in [6, 6.07) is 8.41. The van der Waals surface area contributed by atoms with E-state index in [1.807, 2.05) is 0 Å². The molecule has 2 heteroatoms. The second-order valence-corrected chi connectivity index (χ2v) is 5.48. The van der Waals surface area contributed by atoms with Crippen LogP contribution in [0, 0.1) is 5.92 Å². The predicted octanol–water partition coefficient (Wildman–Crippen LogP) is 2.78. The molecule has 2 atom stereocenters. The van der Waals surface area contributed by atoms with E-state index in [0.717, 1.165) is 13.0 Å². The molecular formula is C14H21NO. The molecule has 0 fully saturated rings. The zero-order valence-electron chi connectivity index (χ0n) is 10.3. The quantitative estimate of drug-likeness (QED) is 0.819. The molecule has 2 unspecified atom stereocenters. The summed E-state index contributed by atoms with van der Waals surface area (Å²) >= 11 is 0. The van der Waals surface area contributed by atoms with Crippen LogP contribution in [0.4, 0.5) is 5.69 Å².